The van der Waals surface area contributed by atoms with E-state index in [-0.39, 0.29) is 11.8 Å². The maximum Gasteiger partial charge on any atom is 0.182 e. The van der Waals surface area contributed by atoms with Gasteiger partial charge in [-0.15, -0.1) is 0 Å². The topological polar surface area (TPSA) is 63.4 Å². The van der Waals surface area contributed by atoms with Crippen LogP contribution in [-0.4, -0.2) is 33.8 Å². The van der Waals surface area contributed by atoms with Crippen molar-refractivity contribution < 1.29 is 8.42 Å². The highest BCUT2D eigenvalue weighted by atomic mass is 32.2. The first-order valence-corrected chi connectivity index (χ1v) is 7.87. The molecule has 0 bridgehead atoms. The standard InChI is InChI=1S/C13H20N2O2S/c1-10-5-6-12-13(8-10)18(16,17)9-11(15(12)2)4-3-7-14/h5-6,8,11H,3-4,7,9,14H2,1-2H3. The molecule has 1 aromatic rings. The number of anilines is 1. The summed E-state index contributed by atoms with van der Waals surface area (Å²) in [6.07, 6.45) is 1.67. The summed E-state index contributed by atoms with van der Waals surface area (Å²) in [6, 6.07) is 5.65. The van der Waals surface area contributed by atoms with E-state index >= 15 is 0 Å². The third-order valence-electron chi connectivity index (χ3n) is 3.53. The lowest BCUT2D eigenvalue weighted by Crippen LogP contribution is -2.42. The maximum absolute atomic E-state index is 12.3. The van der Waals surface area contributed by atoms with Gasteiger partial charge in [0.15, 0.2) is 9.84 Å². The van der Waals surface area contributed by atoms with E-state index in [1.54, 1.807) is 6.07 Å². The van der Waals surface area contributed by atoms with Crippen molar-refractivity contribution in [1.82, 2.24) is 0 Å². The molecule has 0 radical (unpaired) electrons. The Morgan fingerprint density at radius 2 is 2.17 bits per heavy atom. The van der Waals surface area contributed by atoms with Crippen molar-refractivity contribution in [2.75, 3.05) is 24.2 Å². The lowest BCUT2D eigenvalue weighted by Gasteiger charge is -2.35. The van der Waals surface area contributed by atoms with Gasteiger partial charge < -0.3 is 10.6 Å². The van der Waals surface area contributed by atoms with Crippen LogP contribution in [0.25, 0.3) is 0 Å². The molecule has 5 heteroatoms. The molecular weight excluding hydrogens is 248 g/mol. The minimum Gasteiger partial charge on any atom is -0.370 e. The van der Waals surface area contributed by atoms with Crippen LogP contribution >= 0.6 is 0 Å². The van der Waals surface area contributed by atoms with Gasteiger partial charge >= 0.3 is 0 Å². The first-order chi connectivity index (χ1) is 8.45. The molecule has 0 amide bonds. The molecule has 2 N–H and O–H groups in total. The zero-order valence-electron chi connectivity index (χ0n) is 10.9. The zero-order valence-corrected chi connectivity index (χ0v) is 11.7. The van der Waals surface area contributed by atoms with E-state index in [9.17, 15) is 8.42 Å². The fourth-order valence-corrected chi connectivity index (χ4v) is 4.42. The van der Waals surface area contributed by atoms with E-state index < -0.39 is 9.84 Å². The van der Waals surface area contributed by atoms with Gasteiger partial charge in [0.05, 0.1) is 16.3 Å². The minimum absolute atomic E-state index is 0.0359. The van der Waals surface area contributed by atoms with Crippen LogP contribution in [0.3, 0.4) is 0 Å². The lowest BCUT2D eigenvalue weighted by molar-refractivity contribution is 0.549. The van der Waals surface area contributed by atoms with Gasteiger partial charge in [-0.2, -0.15) is 0 Å². The summed E-state index contributed by atoms with van der Waals surface area (Å²) in [6.45, 7) is 2.52. The Labute approximate surface area is 109 Å². The van der Waals surface area contributed by atoms with Crippen LogP contribution in [-0.2, 0) is 9.84 Å². The zero-order chi connectivity index (χ0) is 13.3. The van der Waals surface area contributed by atoms with E-state index in [1.807, 2.05) is 26.1 Å². The van der Waals surface area contributed by atoms with Gasteiger partial charge in [0.2, 0.25) is 0 Å². The van der Waals surface area contributed by atoms with E-state index in [0.717, 1.165) is 24.1 Å². The van der Waals surface area contributed by atoms with Crippen molar-refractivity contribution in [2.45, 2.75) is 30.7 Å². The molecule has 4 nitrogen and oxygen atoms in total. The van der Waals surface area contributed by atoms with Gasteiger partial charge in [-0.05, 0) is 44.0 Å². The molecular formula is C13H20N2O2S. The maximum atomic E-state index is 12.3. The summed E-state index contributed by atoms with van der Waals surface area (Å²) in [5.74, 6) is 0.194. The van der Waals surface area contributed by atoms with E-state index in [1.165, 1.54) is 0 Å². The first-order valence-electron chi connectivity index (χ1n) is 6.22. The molecule has 18 heavy (non-hydrogen) atoms. The van der Waals surface area contributed by atoms with Crippen molar-refractivity contribution in [3.8, 4) is 0 Å². The molecule has 1 aliphatic heterocycles. The quantitative estimate of drug-likeness (QED) is 0.898. The molecule has 0 saturated carbocycles. The summed E-state index contributed by atoms with van der Waals surface area (Å²) >= 11 is 0. The highest BCUT2D eigenvalue weighted by molar-refractivity contribution is 7.91. The summed E-state index contributed by atoms with van der Waals surface area (Å²) in [7, 11) is -1.20. The Bertz CT molecular complexity index is 540. The number of fused-ring (bicyclic) bond motifs is 1. The molecule has 2 rings (SSSR count). The molecule has 0 spiro atoms. The first kappa shape index (κ1) is 13.4. The van der Waals surface area contributed by atoms with Gasteiger partial charge in [-0.1, -0.05) is 6.07 Å². The van der Waals surface area contributed by atoms with Crippen LogP contribution in [0.5, 0.6) is 0 Å². The van der Waals surface area contributed by atoms with Crippen molar-refractivity contribution in [3.63, 3.8) is 0 Å². The molecule has 1 aliphatic rings. The number of benzene rings is 1. The largest absolute Gasteiger partial charge is 0.370 e. The third kappa shape index (κ3) is 2.37. The Morgan fingerprint density at radius 3 is 2.83 bits per heavy atom. The summed E-state index contributed by atoms with van der Waals surface area (Å²) in [5, 5.41) is 0. The highest BCUT2D eigenvalue weighted by Crippen LogP contribution is 2.34. The van der Waals surface area contributed by atoms with E-state index in [4.69, 9.17) is 5.73 Å². The molecule has 0 saturated heterocycles. The number of aryl methyl sites for hydroxylation is 1. The normalized spacial score (nSPS) is 21.7. The SMILES string of the molecule is Cc1ccc2c(c1)S(=O)(=O)CC(CCCN)N2C. The Morgan fingerprint density at radius 1 is 1.44 bits per heavy atom. The van der Waals surface area contributed by atoms with Crippen LogP contribution in [0, 0.1) is 6.92 Å². The monoisotopic (exact) mass is 268 g/mol. The molecule has 0 aliphatic carbocycles. The van der Waals surface area contributed by atoms with Gasteiger partial charge in [0.1, 0.15) is 0 Å². The van der Waals surface area contributed by atoms with Crippen molar-refractivity contribution >= 4 is 15.5 Å². The summed E-state index contributed by atoms with van der Waals surface area (Å²) in [5.41, 5.74) is 7.30. The Hall–Kier alpha value is -1.07. The number of sulfone groups is 1. The predicted molar refractivity (Wildman–Crippen MR) is 73.7 cm³/mol. The molecule has 1 heterocycles. The van der Waals surface area contributed by atoms with Crippen LogP contribution < -0.4 is 10.6 Å². The van der Waals surface area contributed by atoms with Gasteiger partial charge in [0, 0.05) is 13.1 Å². The van der Waals surface area contributed by atoms with Gasteiger partial charge in [-0.3, -0.25) is 0 Å². The average molecular weight is 268 g/mol. The Kier molecular flexibility index (Phi) is 3.64. The second kappa shape index (κ2) is 4.90. The smallest absolute Gasteiger partial charge is 0.182 e. The predicted octanol–water partition coefficient (Wildman–Crippen LogP) is 1.33. The molecule has 1 unspecified atom stereocenters. The molecule has 1 atom stereocenters. The van der Waals surface area contributed by atoms with Crippen LogP contribution in [0.15, 0.2) is 23.1 Å². The van der Waals surface area contributed by atoms with Gasteiger partial charge in [0.25, 0.3) is 0 Å². The average Bonchev–Trinajstić information content (AvgIpc) is 2.32. The molecule has 0 fully saturated rings. The molecule has 1 aromatic carbocycles. The third-order valence-corrected chi connectivity index (χ3v) is 5.35. The second-order valence-corrected chi connectivity index (χ2v) is 6.95. The number of nitrogens with two attached hydrogens (primary N) is 1. The van der Waals surface area contributed by atoms with Gasteiger partial charge in [-0.25, -0.2) is 8.42 Å². The van der Waals surface area contributed by atoms with Crippen LogP contribution in [0.1, 0.15) is 18.4 Å². The van der Waals surface area contributed by atoms with Crippen molar-refractivity contribution in [3.05, 3.63) is 23.8 Å². The number of nitrogens with zero attached hydrogens (tertiary/aromatic N) is 1. The summed E-state index contributed by atoms with van der Waals surface area (Å²) < 4.78 is 24.6. The minimum atomic E-state index is -3.16. The summed E-state index contributed by atoms with van der Waals surface area (Å²) in [4.78, 5) is 2.54. The molecule has 0 aromatic heterocycles. The molecule has 100 valence electrons. The number of hydrogen-bond acceptors (Lipinski definition) is 4. The Balaban J connectivity index is 2.42. The highest BCUT2D eigenvalue weighted by Gasteiger charge is 2.33. The lowest BCUT2D eigenvalue weighted by atomic mass is 10.1. The van der Waals surface area contributed by atoms with E-state index in [0.29, 0.717) is 11.4 Å². The van der Waals surface area contributed by atoms with Crippen LogP contribution in [0.2, 0.25) is 0 Å². The fourth-order valence-electron chi connectivity index (χ4n) is 2.44. The second-order valence-electron chi connectivity index (χ2n) is 4.95. The van der Waals surface area contributed by atoms with Crippen molar-refractivity contribution in [1.29, 1.82) is 0 Å². The van der Waals surface area contributed by atoms with Crippen LogP contribution in [0.4, 0.5) is 5.69 Å². The number of hydrogen-bond donors (Lipinski definition) is 1. The number of rotatable bonds is 3. The fraction of sp³-hybridized carbons (Fsp3) is 0.538. The van der Waals surface area contributed by atoms with E-state index in [2.05, 4.69) is 4.90 Å². The van der Waals surface area contributed by atoms with Crippen molar-refractivity contribution in [2.24, 2.45) is 5.73 Å².